The number of piperidine rings is 1. The average molecular weight is 560 g/mol. The van der Waals surface area contributed by atoms with Crippen LogP contribution >= 0.6 is 0 Å². The molecule has 1 N–H and O–H groups in total. The summed E-state index contributed by atoms with van der Waals surface area (Å²) < 4.78 is 30.3. The highest BCUT2D eigenvalue weighted by molar-refractivity contribution is 5.97. The zero-order valence-electron chi connectivity index (χ0n) is 23.5. The van der Waals surface area contributed by atoms with E-state index in [1.807, 2.05) is 4.90 Å². The van der Waals surface area contributed by atoms with Gasteiger partial charge in [-0.1, -0.05) is 6.92 Å². The molecule has 3 aromatic rings. The third-order valence-corrected chi connectivity index (χ3v) is 9.21. The Morgan fingerprint density at radius 1 is 1.15 bits per heavy atom. The van der Waals surface area contributed by atoms with Crippen molar-refractivity contribution in [2.45, 2.75) is 64.3 Å². The minimum atomic E-state index is -0.836. The maximum absolute atomic E-state index is 15.1. The summed E-state index contributed by atoms with van der Waals surface area (Å²) >= 11 is 0. The Hall–Kier alpha value is -3.80. The second-order valence-corrected chi connectivity index (χ2v) is 12.8. The number of nitrogens with one attached hydrogen (secondary N) is 1. The van der Waals surface area contributed by atoms with Crippen molar-refractivity contribution in [2.75, 3.05) is 18.0 Å². The van der Waals surface area contributed by atoms with Crippen LogP contribution in [0.15, 0.2) is 41.3 Å². The van der Waals surface area contributed by atoms with Gasteiger partial charge in [0, 0.05) is 30.9 Å². The third kappa shape index (κ3) is 5.32. The van der Waals surface area contributed by atoms with E-state index in [4.69, 9.17) is 4.98 Å². The normalized spacial score (nSPS) is 27.8. The largest absolute Gasteiger partial charge is 0.355 e. The lowest BCUT2D eigenvalue weighted by Gasteiger charge is -2.47. The number of halogens is 2. The van der Waals surface area contributed by atoms with Crippen molar-refractivity contribution in [3.63, 3.8) is 0 Å². The maximum Gasteiger partial charge on any atom is 0.257 e. The van der Waals surface area contributed by atoms with E-state index in [-0.39, 0.29) is 28.2 Å². The number of carbonyl (C=O) groups excluding carboxylic acids is 1. The van der Waals surface area contributed by atoms with Crippen LogP contribution in [0, 0.1) is 46.6 Å². The number of rotatable bonds is 4. The van der Waals surface area contributed by atoms with Crippen LogP contribution in [0.3, 0.4) is 0 Å². The Kier molecular flexibility index (Phi) is 7.04. The maximum atomic E-state index is 15.1. The highest BCUT2D eigenvalue weighted by Gasteiger charge is 2.42. The number of nitrogens with zero attached hydrogens (tertiary/aromatic N) is 4. The van der Waals surface area contributed by atoms with Gasteiger partial charge in [-0.25, -0.2) is 13.8 Å². The van der Waals surface area contributed by atoms with Crippen LogP contribution in [0.4, 0.5) is 14.6 Å². The van der Waals surface area contributed by atoms with Crippen molar-refractivity contribution < 1.29 is 13.6 Å². The first-order valence-corrected chi connectivity index (χ1v) is 14.6. The van der Waals surface area contributed by atoms with E-state index in [0.29, 0.717) is 36.7 Å². The lowest BCUT2D eigenvalue weighted by atomic mass is 9.62. The Bertz CT molecular complexity index is 1590. The second kappa shape index (κ2) is 10.6. The summed E-state index contributed by atoms with van der Waals surface area (Å²) in [5, 5.41) is 12.8. The minimum absolute atomic E-state index is 0.0176. The monoisotopic (exact) mass is 559 g/mol. The molecule has 2 aromatic heterocycles. The number of nitriles is 1. The lowest BCUT2D eigenvalue weighted by Crippen LogP contribution is -2.53. The van der Waals surface area contributed by atoms with Crippen molar-refractivity contribution in [1.82, 2.24) is 14.9 Å². The van der Waals surface area contributed by atoms with Gasteiger partial charge in [-0.3, -0.25) is 14.2 Å². The summed E-state index contributed by atoms with van der Waals surface area (Å²) in [6.07, 6.45) is 8.17. The minimum Gasteiger partial charge on any atom is -0.355 e. The van der Waals surface area contributed by atoms with Gasteiger partial charge in [0.2, 0.25) is 5.43 Å². The SMILES string of the molecule is CC1CC2CC(C1)CC(C)(NC(=O)c1cn(-c3ccc(F)cc3F)c3nc(N4CCCC(C#N)C4)ccc3c1=O)C2. The van der Waals surface area contributed by atoms with Gasteiger partial charge >= 0.3 is 0 Å². The molecule has 0 radical (unpaired) electrons. The summed E-state index contributed by atoms with van der Waals surface area (Å²) in [6, 6.07) is 8.82. The van der Waals surface area contributed by atoms with Crippen molar-refractivity contribution in [3.05, 3.63) is 63.9 Å². The zero-order valence-corrected chi connectivity index (χ0v) is 23.5. The predicted molar refractivity (Wildman–Crippen MR) is 153 cm³/mol. The molecular formula is C32H35F2N5O2. The molecular weight excluding hydrogens is 524 g/mol. The standard InChI is InChI=1S/C32H35F2N5O2/c1-19-10-21-12-22(11-19)15-32(2,14-21)37-31(41)25-18-39(27-7-5-23(33)13-26(27)34)30-24(29(25)40)6-8-28(36-30)38-9-3-4-20(16-35)17-38/h5-8,13,18-22H,3-4,9-12,14-15,17H2,1-2H3,(H,37,41). The van der Waals surface area contributed by atoms with Crippen LogP contribution in [0.1, 0.15) is 69.2 Å². The first kappa shape index (κ1) is 27.4. The number of hydrogen-bond donors (Lipinski definition) is 1. The fourth-order valence-corrected chi connectivity index (χ4v) is 7.71. The molecule has 3 atom stereocenters. The lowest BCUT2D eigenvalue weighted by molar-refractivity contribution is 0.0614. The Morgan fingerprint density at radius 3 is 2.61 bits per heavy atom. The van der Waals surface area contributed by atoms with E-state index in [0.717, 1.165) is 50.7 Å². The van der Waals surface area contributed by atoms with Gasteiger partial charge in [0.05, 0.1) is 23.1 Å². The highest BCUT2D eigenvalue weighted by atomic mass is 19.1. The van der Waals surface area contributed by atoms with Gasteiger partial charge in [-0.15, -0.1) is 0 Å². The molecule has 7 nitrogen and oxygen atoms in total. The Balaban J connectivity index is 1.42. The molecule has 2 bridgehead atoms. The number of carbonyl (C=O) groups is 1. The summed E-state index contributed by atoms with van der Waals surface area (Å²) in [5.74, 6) is 0.131. The molecule has 2 saturated carbocycles. The third-order valence-electron chi connectivity index (χ3n) is 9.21. The summed E-state index contributed by atoms with van der Waals surface area (Å²) in [5.41, 5.74) is -0.885. The topological polar surface area (TPSA) is 91.0 Å². The van der Waals surface area contributed by atoms with Crippen molar-refractivity contribution in [2.24, 2.45) is 23.7 Å². The quantitative estimate of drug-likeness (QED) is 0.440. The molecule has 2 aliphatic carbocycles. The number of fused-ring (bicyclic) bond motifs is 3. The fraction of sp³-hybridized carbons (Fsp3) is 0.500. The number of pyridine rings is 2. The van der Waals surface area contributed by atoms with Gasteiger partial charge in [0.15, 0.2) is 5.65 Å². The van der Waals surface area contributed by atoms with Crippen LogP contribution in [-0.4, -0.2) is 34.1 Å². The van der Waals surface area contributed by atoms with Crippen LogP contribution in [0.2, 0.25) is 0 Å². The molecule has 1 aromatic carbocycles. The highest BCUT2D eigenvalue weighted by Crippen LogP contribution is 2.46. The van der Waals surface area contributed by atoms with E-state index >= 15 is 4.39 Å². The predicted octanol–water partition coefficient (Wildman–Crippen LogP) is 5.74. The van der Waals surface area contributed by atoms with E-state index in [1.54, 1.807) is 12.1 Å². The smallest absolute Gasteiger partial charge is 0.257 e. The average Bonchev–Trinajstić information content (AvgIpc) is 2.92. The van der Waals surface area contributed by atoms with Gasteiger partial charge in [0.1, 0.15) is 23.0 Å². The summed E-state index contributed by atoms with van der Waals surface area (Å²) in [6.45, 7) is 5.55. The zero-order chi connectivity index (χ0) is 28.9. The number of benzene rings is 1. The van der Waals surface area contributed by atoms with Gasteiger partial charge in [-0.05, 0) is 93.9 Å². The number of hydrogen-bond acceptors (Lipinski definition) is 5. The van der Waals surface area contributed by atoms with E-state index in [9.17, 15) is 19.2 Å². The molecule has 3 fully saturated rings. The molecule has 0 spiro atoms. The molecule has 1 amide bonds. The molecule has 3 unspecified atom stereocenters. The summed E-state index contributed by atoms with van der Waals surface area (Å²) in [7, 11) is 0. The van der Waals surface area contributed by atoms with Gasteiger partial charge < -0.3 is 10.2 Å². The van der Waals surface area contributed by atoms with E-state index in [2.05, 4.69) is 25.2 Å². The first-order chi connectivity index (χ1) is 19.6. The molecule has 1 aliphatic heterocycles. The van der Waals surface area contributed by atoms with E-state index in [1.165, 1.54) is 23.3 Å². The van der Waals surface area contributed by atoms with Crippen molar-refractivity contribution >= 4 is 22.8 Å². The Labute approximate surface area is 238 Å². The Morgan fingerprint density at radius 2 is 1.90 bits per heavy atom. The molecule has 9 heteroatoms. The van der Waals surface area contributed by atoms with E-state index < -0.39 is 28.5 Å². The van der Waals surface area contributed by atoms with Crippen molar-refractivity contribution in [3.8, 4) is 11.8 Å². The van der Waals surface area contributed by atoms with Crippen LogP contribution in [0.5, 0.6) is 0 Å². The molecule has 6 rings (SSSR count). The fourth-order valence-electron chi connectivity index (χ4n) is 7.71. The van der Waals surface area contributed by atoms with Crippen LogP contribution in [-0.2, 0) is 0 Å². The molecule has 3 aliphatic rings. The number of amides is 1. The van der Waals surface area contributed by atoms with Gasteiger partial charge in [0.25, 0.3) is 5.91 Å². The molecule has 3 heterocycles. The van der Waals surface area contributed by atoms with Gasteiger partial charge in [-0.2, -0.15) is 5.26 Å². The van der Waals surface area contributed by atoms with Crippen molar-refractivity contribution in [1.29, 1.82) is 5.26 Å². The van der Waals surface area contributed by atoms with Crippen LogP contribution < -0.4 is 15.6 Å². The second-order valence-electron chi connectivity index (χ2n) is 12.8. The number of aromatic nitrogens is 2. The number of anilines is 1. The van der Waals surface area contributed by atoms with Crippen LogP contribution in [0.25, 0.3) is 16.7 Å². The summed E-state index contributed by atoms with van der Waals surface area (Å²) in [4.78, 5) is 34.2. The molecule has 214 valence electrons. The molecule has 41 heavy (non-hydrogen) atoms. The molecule has 1 saturated heterocycles. The first-order valence-electron chi connectivity index (χ1n) is 14.6.